The lowest BCUT2D eigenvalue weighted by Gasteiger charge is -2.11. The first-order chi connectivity index (χ1) is 15.2. The molecule has 1 heterocycles. The van der Waals surface area contributed by atoms with Crippen molar-refractivity contribution in [2.45, 2.75) is 6.61 Å². The second kappa shape index (κ2) is 9.22. The Bertz CT molecular complexity index is 1130. The third kappa shape index (κ3) is 4.78. The van der Waals surface area contributed by atoms with Crippen molar-refractivity contribution in [3.8, 4) is 17.2 Å². The van der Waals surface area contributed by atoms with Gasteiger partial charge in [0, 0.05) is 5.56 Å². The lowest BCUT2D eigenvalue weighted by molar-refractivity contribution is -0.130. The number of esters is 1. The van der Waals surface area contributed by atoms with Gasteiger partial charge in [-0.2, -0.15) is 0 Å². The zero-order valence-corrected chi connectivity index (χ0v) is 17.3. The van der Waals surface area contributed by atoms with Crippen LogP contribution >= 0.6 is 0 Å². The second-order valence-corrected chi connectivity index (χ2v) is 6.91. The molecule has 1 aliphatic rings. The van der Waals surface area contributed by atoms with Crippen molar-refractivity contribution >= 4 is 17.8 Å². The number of hydrogen-bond donors (Lipinski definition) is 0. The van der Waals surface area contributed by atoms with Gasteiger partial charge in [0.25, 0.3) is 0 Å². The lowest BCUT2D eigenvalue weighted by atomic mass is 10.1. The van der Waals surface area contributed by atoms with E-state index in [1.165, 1.54) is 0 Å². The molecule has 3 aromatic carbocycles. The molecule has 5 heteroatoms. The molecule has 156 valence electrons. The summed E-state index contributed by atoms with van der Waals surface area (Å²) in [7, 11) is 3.20. The van der Waals surface area contributed by atoms with Gasteiger partial charge in [0.2, 0.25) is 0 Å². The van der Waals surface area contributed by atoms with Gasteiger partial charge < -0.3 is 18.9 Å². The van der Waals surface area contributed by atoms with Crippen molar-refractivity contribution in [2.24, 2.45) is 0 Å². The smallest absolute Gasteiger partial charge is 0.343 e. The normalized spacial score (nSPS) is 14.2. The van der Waals surface area contributed by atoms with Crippen LogP contribution in [0.2, 0.25) is 0 Å². The van der Waals surface area contributed by atoms with Crippen LogP contribution in [0.4, 0.5) is 0 Å². The number of ether oxygens (including phenoxy) is 4. The fraction of sp³-hybridized carbons (Fsp3) is 0.115. The van der Waals surface area contributed by atoms with Crippen LogP contribution in [0.25, 0.3) is 11.8 Å². The van der Waals surface area contributed by atoms with Gasteiger partial charge >= 0.3 is 5.97 Å². The summed E-state index contributed by atoms with van der Waals surface area (Å²) in [4.78, 5) is 12.3. The minimum atomic E-state index is -0.394. The average Bonchev–Trinajstić information content (AvgIpc) is 3.18. The van der Waals surface area contributed by atoms with Gasteiger partial charge in [-0.25, -0.2) is 4.79 Å². The quantitative estimate of drug-likeness (QED) is 0.390. The monoisotopic (exact) mass is 414 g/mol. The number of rotatable bonds is 7. The highest BCUT2D eigenvalue weighted by molar-refractivity contribution is 6.05. The van der Waals surface area contributed by atoms with Gasteiger partial charge in [0.15, 0.2) is 11.5 Å². The van der Waals surface area contributed by atoms with Gasteiger partial charge in [-0.3, -0.25) is 0 Å². The molecule has 0 bridgehead atoms. The molecule has 4 rings (SSSR count). The van der Waals surface area contributed by atoms with Gasteiger partial charge in [0.05, 0.1) is 19.8 Å². The minimum Gasteiger partial charge on any atom is -0.497 e. The molecule has 0 radical (unpaired) electrons. The summed E-state index contributed by atoms with van der Waals surface area (Å²) in [5.41, 5.74) is 3.15. The molecule has 5 nitrogen and oxygen atoms in total. The number of carbonyl (C=O) groups excluding carboxylic acids is 1. The van der Waals surface area contributed by atoms with Gasteiger partial charge in [-0.1, -0.05) is 36.4 Å². The van der Waals surface area contributed by atoms with Crippen molar-refractivity contribution in [1.29, 1.82) is 0 Å². The third-order valence-corrected chi connectivity index (χ3v) is 4.85. The molecule has 0 atom stereocenters. The van der Waals surface area contributed by atoms with Crippen molar-refractivity contribution in [3.63, 3.8) is 0 Å². The second-order valence-electron chi connectivity index (χ2n) is 6.91. The number of carbonyl (C=O) groups is 1. The first-order valence-corrected chi connectivity index (χ1v) is 9.81. The molecular weight excluding hydrogens is 392 g/mol. The Morgan fingerprint density at radius 2 is 1.65 bits per heavy atom. The van der Waals surface area contributed by atoms with Crippen LogP contribution in [0, 0.1) is 0 Å². The summed E-state index contributed by atoms with van der Waals surface area (Å²) in [6.45, 7) is 0.442. The van der Waals surface area contributed by atoms with Crippen molar-refractivity contribution in [1.82, 2.24) is 0 Å². The molecule has 0 unspecified atom stereocenters. The Kier molecular flexibility index (Phi) is 6.03. The van der Waals surface area contributed by atoms with E-state index in [2.05, 4.69) is 0 Å². The summed E-state index contributed by atoms with van der Waals surface area (Å²) in [6, 6.07) is 22.8. The van der Waals surface area contributed by atoms with E-state index in [1.54, 1.807) is 26.4 Å². The molecular formula is C26H22O5. The van der Waals surface area contributed by atoms with Crippen molar-refractivity contribution in [3.05, 3.63) is 101 Å². The third-order valence-electron chi connectivity index (χ3n) is 4.85. The minimum absolute atomic E-state index is 0.394. The molecule has 0 spiro atoms. The molecule has 31 heavy (non-hydrogen) atoms. The van der Waals surface area contributed by atoms with Crippen LogP contribution in [0.1, 0.15) is 16.7 Å². The number of benzene rings is 3. The van der Waals surface area contributed by atoms with E-state index in [1.807, 2.05) is 72.8 Å². The number of hydrogen-bond acceptors (Lipinski definition) is 5. The molecule has 0 fully saturated rings. The zero-order chi connectivity index (χ0) is 21.6. The predicted octanol–water partition coefficient (Wildman–Crippen LogP) is 5.26. The Balaban J connectivity index is 1.53. The summed E-state index contributed by atoms with van der Waals surface area (Å²) in [6.07, 6.45) is 3.50. The Morgan fingerprint density at radius 3 is 2.35 bits per heavy atom. The molecule has 1 aliphatic heterocycles. The van der Waals surface area contributed by atoms with E-state index in [-0.39, 0.29) is 0 Å². The molecule has 0 saturated heterocycles. The summed E-state index contributed by atoms with van der Waals surface area (Å²) < 4.78 is 22.0. The van der Waals surface area contributed by atoms with E-state index in [9.17, 15) is 4.79 Å². The molecule has 3 aromatic rings. The van der Waals surface area contributed by atoms with Crippen LogP contribution in [0.15, 0.2) is 84.4 Å². The molecule has 0 aromatic heterocycles. The van der Waals surface area contributed by atoms with Crippen LogP contribution in [-0.4, -0.2) is 20.2 Å². The molecule has 0 aliphatic carbocycles. The van der Waals surface area contributed by atoms with Crippen LogP contribution in [0.3, 0.4) is 0 Å². The van der Waals surface area contributed by atoms with E-state index in [0.717, 1.165) is 22.4 Å². The molecule has 0 saturated carbocycles. The Labute approximate surface area is 181 Å². The van der Waals surface area contributed by atoms with Gasteiger partial charge in [-0.15, -0.1) is 0 Å². The fourth-order valence-electron chi connectivity index (χ4n) is 3.19. The van der Waals surface area contributed by atoms with Gasteiger partial charge in [0.1, 0.15) is 18.1 Å². The first-order valence-electron chi connectivity index (χ1n) is 9.81. The highest BCUT2D eigenvalue weighted by Gasteiger charge is 2.22. The van der Waals surface area contributed by atoms with E-state index in [4.69, 9.17) is 18.9 Å². The van der Waals surface area contributed by atoms with Gasteiger partial charge in [-0.05, 0) is 59.7 Å². The SMILES string of the molecule is COc1ccc(C2=C/C(=C\c3ccc(OCc4ccccc4)c(OC)c3)C(=O)O2)cc1. The van der Waals surface area contributed by atoms with Crippen molar-refractivity contribution in [2.75, 3.05) is 14.2 Å². The highest BCUT2D eigenvalue weighted by atomic mass is 16.5. The number of methoxy groups -OCH3 is 2. The van der Waals surface area contributed by atoms with Crippen molar-refractivity contribution < 1.29 is 23.7 Å². The fourth-order valence-corrected chi connectivity index (χ4v) is 3.19. The summed E-state index contributed by atoms with van der Waals surface area (Å²) >= 11 is 0. The summed E-state index contributed by atoms with van der Waals surface area (Å²) in [5.74, 6) is 2.09. The summed E-state index contributed by atoms with van der Waals surface area (Å²) in [5, 5.41) is 0. The lowest BCUT2D eigenvalue weighted by Crippen LogP contribution is -1.99. The van der Waals surface area contributed by atoms with E-state index >= 15 is 0 Å². The maximum atomic E-state index is 12.3. The van der Waals surface area contributed by atoms with E-state index in [0.29, 0.717) is 29.4 Å². The Morgan fingerprint density at radius 1 is 0.871 bits per heavy atom. The maximum Gasteiger partial charge on any atom is 0.343 e. The molecule has 0 amide bonds. The average molecular weight is 414 g/mol. The van der Waals surface area contributed by atoms with Crippen LogP contribution < -0.4 is 14.2 Å². The van der Waals surface area contributed by atoms with Crippen LogP contribution in [0.5, 0.6) is 17.2 Å². The van der Waals surface area contributed by atoms with Crippen LogP contribution in [-0.2, 0) is 16.1 Å². The Hall–Kier alpha value is -3.99. The predicted molar refractivity (Wildman–Crippen MR) is 119 cm³/mol. The highest BCUT2D eigenvalue weighted by Crippen LogP contribution is 2.32. The molecule has 0 N–H and O–H groups in total. The zero-order valence-electron chi connectivity index (χ0n) is 17.3. The van der Waals surface area contributed by atoms with E-state index < -0.39 is 5.97 Å². The number of cyclic esters (lactones) is 1. The maximum absolute atomic E-state index is 12.3. The topological polar surface area (TPSA) is 54.0 Å². The largest absolute Gasteiger partial charge is 0.497 e. The first kappa shape index (κ1) is 20.3. The standard InChI is InChI=1S/C26H22O5/c1-28-22-11-9-20(10-12-22)24-16-21(26(27)31-24)14-19-8-13-23(25(15-19)29-2)30-17-18-6-4-3-5-7-18/h3-16H,17H2,1-2H3/b21-14+.